The number of hydrogen-bond donors (Lipinski definition) is 0. The Labute approximate surface area is 159 Å². The normalized spacial score (nSPS) is 16.1. The highest BCUT2D eigenvalue weighted by Gasteiger charge is 2.32. The number of unbranched alkanes of at least 4 members (excludes halogenated alkanes) is 1. The zero-order chi connectivity index (χ0) is 17.5. The average Bonchev–Trinajstić information content (AvgIpc) is 2.80. The molecular weight excluding hydrogens is 410 g/mol. The van der Waals surface area contributed by atoms with Crippen LogP contribution in [-0.4, -0.2) is 34.2 Å². The van der Waals surface area contributed by atoms with Crippen molar-refractivity contribution < 1.29 is 14.3 Å². The van der Waals surface area contributed by atoms with E-state index in [1.807, 2.05) is 37.3 Å². The van der Waals surface area contributed by atoms with Crippen molar-refractivity contribution in [3.05, 3.63) is 39.2 Å². The van der Waals surface area contributed by atoms with Crippen molar-refractivity contribution in [1.82, 2.24) is 4.90 Å². The number of carbonyl (C=O) groups is 2. The molecule has 1 aromatic carbocycles. The summed E-state index contributed by atoms with van der Waals surface area (Å²) >= 11 is 9.93. The van der Waals surface area contributed by atoms with Crippen LogP contribution in [0.4, 0.5) is 0 Å². The third-order valence-corrected chi connectivity index (χ3v) is 5.19. The van der Waals surface area contributed by atoms with Crippen LogP contribution in [0.1, 0.15) is 31.7 Å². The van der Waals surface area contributed by atoms with Crippen molar-refractivity contribution in [2.45, 2.75) is 26.2 Å². The van der Waals surface area contributed by atoms with Gasteiger partial charge >= 0.3 is 5.97 Å². The monoisotopic (exact) mass is 427 g/mol. The van der Waals surface area contributed by atoms with Crippen LogP contribution in [0.2, 0.25) is 0 Å². The second-order valence-corrected chi connectivity index (χ2v) is 7.80. The van der Waals surface area contributed by atoms with Crippen molar-refractivity contribution in [1.29, 1.82) is 0 Å². The molecular formula is C17H18BrNO3S2. The zero-order valence-corrected chi connectivity index (χ0v) is 16.5. The Hall–Kier alpha value is -1.18. The molecule has 2 rings (SSSR count). The van der Waals surface area contributed by atoms with Crippen LogP contribution in [-0.2, 0) is 14.3 Å². The Balaban J connectivity index is 1.95. The molecule has 0 unspecified atom stereocenters. The number of esters is 1. The van der Waals surface area contributed by atoms with Crippen LogP contribution >= 0.6 is 39.9 Å². The number of ether oxygens (including phenoxy) is 1. The molecule has 1 aromatic rings. The van der Waals surface area contributed by atoms with Crippen LogP contribution in [0.25, 0.3) is 6.08 Å². The second kappa shape index (κ2) is 9.34. The summed E-state index contributed by atoms with van der Waals surface area (Å²) in [5, 5.41) is 0. The lowest BCUT2D eigenvalue weighted by Gasteiger charge is -2.13. The van der Waals surface area contributed by atoms with Crippen molar-refractivity contribution in [2.24, 2.45) is 0 Å². The molecule has 0 bridgehead atoms. The fourth-order valence-electron chi connectivity index (χ4n) is 2.05. The molecule has 24 heavy (non-hydrogen) atoms. The van der Waals surface area contributed by atoms with Gasteiger partial charge < -0.3 is 4.74 Å². The Morgan fingerprint density at radius 1 is 1.46 bits per heavy atom. The number of benzene rings is 1. The van der Waals surface area contributed by atoms with Gasteiger partial charge in [0.15, 0.2) is 0 Å². The van der Waals surface area contributed by atoms with E-state index in [2.05, 4.69) is 15.9 Å². The van der Waals surface area contributed by atoms with Crippen LogP contribution in [0.5, 0.6) is 0 Å². The molecule has 0 spiro atoms. The van der Waals surface area contributed by atoms with E-state index in [4.69, 9.17) is 17.0 Å². The van der Waals surface area contributed by atoms with Crippen LogP contribution in [0.3, 0.4) is 0 Å². The quantitative estimate of drug-likeness (QED) is 0.279. The number of nitrogens with zero attached hydrogens (tertiary/aromatic N) is 1. The van der Waals surface area contributed by atoms with Gasteiger partial charge in [0.1, 0.15) is 4.32 Å². The third-order valence-electron chi connectivity index (χ3n) is 3.32. The molecule has 7 heteroatoms. The van der Waals surface area contributed by atoms with Crippen LogP contribution in [0, 0.1) is 0 Å². The minimum Gasteiger partial charge on any atom is -0.466 e. The molecule has 0 saturated carbocycles. The number of hydrogen-bond acceptors (Lipinski definition) is 5. The number of carbonyl (C=O) groups excluding carboxylic acids is 2. The van der Waals surface area contributed by atoms with E-state index in [1.54, 1.807) is 0 Å². The largest absolute Gasteiger partial charge is 0.466 e. The smallest absolute Gasteiger partial charge is 0.307 e. The van der Waals surface area contributed by atoms with Crippen LogP contribution in [0.15, 0.2) is 33.6 Å². The van der Waals surface area contributed by atoms with Gasteiger partial charge in [0.25, 0.3) is 5.91 Å². The molecule has 0 aliphatic carbocycles. The summed E-state index contributed by atoms with van der Waals surface area (Å²) in [7, 11) is 0. The first-order chi connectivity index (χ1) is 11.5. The van der Waals surface area contributed by atoms with Gasteiger partial charge in [0.2, 0.25) is 0 Å². The van der Waals surface area contributed by atoms with E-state index in [0.29, 0.717) is 15.8 Å². The van der Waals surface area contributed by atoms with Gasteiger partial charge in [-0.05, 0) is 30.2 Å². The maximum absolute atomic E-state index is 12.5. The Bertz CT molecular complexity index is 676. The number of thiocarbonyl (C=S) groups is 1. The molecule has 1 fully saturated rings. The van der Waals surface area contributed by atoms with E-state index in [1.165, 1.54) is 16.7 Å². The van der Waals surface area contributed by atoms with Crippen molar-refractivity contribution in [3.63, 3.8) is 0 Å². The highest BCUT2D eigenvalue weighted by Crippen LogP contribution is 2.32. The number of rotatable bonds is 7. The summed E-state index contributed by atoms with van der Waals surface area (Å²) in [6.45, 7) is 2.72. The molecule has 1 saturated heterocycles. The lowest BCUT2D eigenvalue weighted by atomic mass is 10.2. The van der Waals surface area contributed by atoms with Gasteiger partial charge in [-0.1, -0.05) is 65.4 Å². The Morgan fingerprint density at radius 2 is 2.25 bits per heavy atom. The lowest BCUT2D eigenvalue weighted by Crippen LogP contribution is -2.30. The number of halogens is 1. The van der Waals surface area contributed by atoms with Crippen LogP contribution < -0.4 is 0 Å². The zero-order valence-electron chi connectivity index (χ0n) is 13.3. The SMILES string of the molecule is CCCCOC(=O)CCN1C(=O)C(=Cc2cccc(Br)c2)SC1=S. The topological polar surface area (TPSA) is 46.6 Å². The standard InChI is InChI=1S/C17H18BrNO3S2/c1-2-3-9-22-15(20)7-8-19-16(21)14(24-17(19)23)11-12-5-4-6-13(18)10-12/h4-6,10-11H,2-3,7-9H2,1H3. The summed E-state index contributed by atoms with van der Waals surface area (Å²) in [5.74, 6) is -0.459. The predicted molar refractivity (Wildman–Crippen MR) is 105 cm³/mol. The van der Waals surface area contributed by atoms with Gasteiger partial charge in [-0.3, -0.25) is 14.5 Å². The van der Waals surface area contributed by atoms with E-state index in [9.17, 15) is 9.59 Å². The Morgan fingerprint density at radius 3 is 2.96 bits per heavy atom. The van der Waals surface area contributed by atoms with Crippen molar-refractivity contribution >= 4 is 62.2 Å². The third kappa shape index (κ3) is 5.43. The minimum atomic E-state index is -0.298. The maximum Gasteiger partial charge on any atom is 0.307 e. The van der Waals surface area contributed by atoms with E-state index >= 15 is 0 Å². The fraction of sp³-hybridized carbons (Fsp3) is 0.353. The lowest BCUT2D eigenvalue weighted by molar-refractivity contribution is -0.144. The highest BCUT2D eigenvalue weighted by molar-refractivity contribution is 9.10. The molecule has 0 aromatic heterocycles. The van der Waals surface area contributed by atoms with Gasteiger partial charge in [-0.2, -0.15) is 0 Å². The number of thioether (sulfide) groups is 1. The maximum atomic E-state index is 12.5. The van der Waals surface area contributed by atoms with Crippen molar-refractivity contribution in [2.75, 3.05) is 13.2 Å². The summed E-state index contributed by atoms with van der Waals surface area (Å²) in [6.07, 6.45) is 3.79. The molecule has 4 nitrogen and oxygen atoms in total. The molecule has 0 atom stereocenters. The van der Waals surface area contributed by atoms with Gasteiger partial charge in [0, 0.05) is 11.0 Å². The van der Waals surface area contributed by atoms with Gasteiger partial charge in [0.05, 0.1) is 17.9 Å². The van der Waals surface area contributed by atoms with Crippen molar-refractivity contribution in [3.8, 4) is 0 Å². The predicted octanol–water partition coefficient (Wildman–Crippen LogP) is 4.38. The Kier molecular flexibility index (Phi) is 7.45. The second-order valence-electron chi connectivity index (χ2n) is 5.21. The van der Waals surface area contributed by atoms with E-state index in [0.717, 1.165) is 22.9 Å². The molecule has 1 heterocycles. The molecule has 0 N–H and O–H groups in total. The first-order valence-corrected chi connectivity index (χ1v) is 9.69. The van der Waals surface area contributed by atoms with E-state index in [-0.39, 0.29) is 24.8 Å². The van der Waals surface area contributed by atoms with Gasteiger partial charge in [-0.15, -0.1) is 0 Å². The first kappa shape index (κ1) is 19.1. The molecule has 1 aliphatic rings. The average molecular weight is 428 g/mol. The minimum absolute atomic E-state index is 0.153. The molecule has 1 amide bonds. The highest BCUT2D eigenvalue weighted by atomic mass is 79.9. The summed E-state index contributed by atoms with van der Waals surface area (Å²) in [5.41, 5.74) is 0.920. The fourth-order valence-corrected chi connectivity index (χ4v) is 3.77. The molecule has 128 valence electrons. The summed E-state index contributed by atoms with van der Waals surface area (Å²) < 4.78 is 6.52. The number of amides is 1. The summed E-state index contributed by atoms with van der Waals surface area (Å²) in [4.78, 5) is 26.2. The van der Waals surface area contributed by atoms with E-state index < -0.39 is 0 Å². The molecule has 0 radical (unpaired) electrons. The first-order valence-electron chi connectivity index (χ1n) is 7.68. The van der Waals surface area contributed by atoms with Gasteiger partial charge in [-0.25, -0.2) is 0 Å². The summed E-state index contributed by atoms with van der Waals surface area (Å²) in [6, 6.07) is 7.68. The molecule has 1 aliphatic heterocycles.